The normalized spacial score (nSPS) is 18.9. The molecule has 4 rings (SSSR count). The van der Waals surface area contributed by atoms with E-state index in [0.717, 1.165) is 4.47 Å². The molecule has 0 nitrogen and oxygen atoms in total. The average molecular weight is 349 g/mol. The zero-order valence-corrected chi connectivity index (χ0v) is 14.3. The second-order valence-electron chi connectivity index (χ2n) is 6.23. The summed E-state index contributed by atoms with van der Waals surface area (Å²) in [5, 5.41) is 0. The molecule has 0 radical (unpaired) electrons. The van der Waals surface area contributed by atoms with Crippen molar-refractivity contribution in [3.63, 3.8) is 0 Å². The van der Waals surface area contributed by atoms with Gasteiger partial charge in [-0.2, -0.15) is 0 Å². The molecule has 0 amide bonds. The van der Waals surface area contributed by atoms with Gasteiger partial charge in [0.15, 0.2) is 0 Å². The third kappa shape index (κ3) is 1.82. The van der Waals surface area contributed by atoms with E-state index in [2.05, 4.69) is 96.5 Å². The standard InChI is InChI=1S/C21H17Br/c1-14-7-9-15(10-8-14)21(2)19-6-4-3-5-17(19)18-12-11-16(22)13-20(18)21/h3-13H,1-2H3. The van der Waals surface area contributed by atoms with Crippen molar-refractivity contribution in [2.45, 2.75) is 19.3 Å². The molecule has 0 bridgehead atoms. The van der Waals surface area contributed by atoms with E-state index in [1.165, 1.54) is 33.4 Å². The van der Waals surface area contributed by atoms with E-state index in [9.17, 15) is 0 Å². The molecule has 0 saturated heterocycles. The number of hydrogen-bond donors (Lipinski definition) is 0. The van der Waals surface area contributed by atoms with Crippen molar-refractivity contribution in [1.29, 1.82) is 0 Å². The quantitative estimate of drug-likeness (QED) is 0.498. The van der Waals surface area contributed by atoms with Gasteiger partial charge in [0.1, 0.15) is 0 Å². The predicted molar refractivity (Wildman–Crippen MR) is 96.3 cm³/mol. The molecule has 108 valence electrons. The summed E-state index contributed by atoms with van der Waals surface area (Å²) in [5.41, 5.74) is 8.04. The first-order valence-electron chi connectivity index (χ1n) is 7.58. The topological polar surface area (TPSA) is 0 Å². The molecule has 1 atom stereocenters. The van der Waals surface area contributed by atoms with Crippen LogP contribution in [0.15, 0.2) is 71.2 Å². The van der Waals surface area contributed by atoms with Crippen molar-refractivity contribution >= 4 is 15.9 Å². The minimum Gasteiger partial charge on any atom is -0.0619 e. The lowest BCUT2D eigenvalue weighted by molar-refractivity contribution is 0.713. The molecule has 1 heteroatoms. The van der Waals surface area contributed by atoms with Gasteiger partial charge in [0, 0.05) is 9.89 Å². The number of rotatable bonds is 1. The van der Waals surface area contributed by atoms with Gasteiger partial charge in [0.2, 0.25) is 0 Å². The summed E-state index contributed by atoms with van der Waals surface area (Å²) in [5.74, 6) is 0. The second kappa shape index (κ2) is 4.82. The fourth-order valence-corrected chi connectivity index (χ4v) is 4.02. The van der Waals surface area contributed by atoms with Gasteiger partial charge in [-0.15, -0.1) is 0 Å². The zero-order chi connectivity index (χ0) is 15.3. The van der Waals surface area contributed by atoms with Gasteiger partial charge in [0.05, 0.1) is 0 Å². The van der Waals surface area contributed by atoms with Gasteiger partial charge < -0.3 is 0 Å². The van der Waals surface area contributed by atoms with E-state index in [0.29, 0.717) is 0 Å². The molecule has 0 aromatic heterocycles. The van der Waals surface area contributed by atoms with Gasteiger partial charge in [-0.1, -0.05) is 76.1 Å². The van der Waals surface area contributed by atoms with E-state index < -0.39 is 0 Å². The minimum absolute atomic E-state index is 0.0938. The maximum atomic E-state index is 3.65. The van der Waals surface area contributed by atoms with Crippen LogP contribution in [0.25, 0.3) is 11.1 Å². The lowest BCUT2D eigenvalue weighted by atomic mass is 9.74. The van der Waals surface area contributed by atoms with Gasteiger partial charge in [-0.05, 0) is 53.8 Å². The maximum absolute atomic E-state index is 3.65. The average Bonchev–Trinajstić information content (AvgIpc) is 2.79. The Morgan fingerprint density at radius 1 is 0.773 bits per heavy atom. The molecule has 0 heterocycles. The molecule has 0 saturated carbocycles. The van der Waals surface area contributed by atoms with Crippen molar-refractivity contribution in [3.05, 3.63) is 93.5 Å². The van der Waals surface area contributed by atoms with Crippen LogP contribution in [0.1, 0.15) is 29.2 Å². The first-order chi connectivity index (χ1) is 10.6. The van der Waals surface area contributed by atoms with E-state index >= 15 is 0 Å². The smallest absolute Gasteiger partial charge is 0.0435 e. The van der Waals surface area contributed by atoms with Gasteiger partial charge in [-0.3, -0.25) is 0 Å². The summed E-state index contributed by atoms with van der Waals surface area (Å²) in [7, 11) is 0. The van der Waals surface area contributed by atoms with Crippen molar-refractivity contribution in [3.8, 4) is 11.1 Å². The number of benzene rings is 3. The van der Waals surface area contributed by atoms with Crippen LogP contribution >= 0.6 is 15.9 Å². The highest BCUT2D eigenvalue weighted by Crippen LogP contribution is 2.52. The van der Waals surface area contributed by atoms with Crippen molar-refractivity contribution in [2.24, 2.45) is 0 Å². The number of fused-ring (bicyclic) bond motifs is 3. The maximum Gasteiger partial charge on any atom is 0.0435 e. The highest BCUT2D eigenvalue weighted by molar-refractivity contribution is 9.10. The highest BCUT2D eigenvalue weighted by Gasteiger charge is 2.40. The van der Waals surface area contributed by atoms with Gasteiger partial charge in [0.25, 0.3) is 0 Å². The summed E-state index contributed by atoms with van der Waals surface area (Å²) in [6.07, 6.45) is 0. The molecule has 22 heavy (non-hydrogen) atoms. The lowest BCUT2D eigenvalue weighted by Gasteiger charge is -2.28. The highest BCUT2D eigenvalue weighted by atomic mass is 79.9. The number of halogens is 1. The van der Waals surface area contributed by atoms with Crippen LogP contribution in [0.4, 0.5) is 0 Å². The van der Waals surface area contributed by atoms with Gasteiger partial charge >= 0.3 is 0 Å². The lowest BCUT2D eigenvalue weighted by Crippen LogP contribution is -2.22. The van der Waals surface area contributed by atoms with Crippen LogP contribution in [-0.4, -0.2) is 0 Å². The minimum atomic E-state index is -0.0938. The van der Waals surface area contributed by atoms with E-state index in [1.54, 1.807) is 0 Å². The Balaban J connectivity index is 2.07. The molecule has 0 spiro atoms. The molecule has 0 aliphatic heterocycles. The molecule has 0 fully saturated rings. The first kappa shape index (κ1) is 13.8. The summed E-state index contributed by atoms with van der Waals surface area (Å²) < 4.78 is 1.14. The fraction of sp³-hybridized carbons (Fsp3) is 0.143. The van der Waals surface area contributed by atoms with Crippen LogP contribution in [0.3, 0.4) is 0 Å². The van der Waals surface area contributed by atoms with Crippen molar-refractivity contribution < 1.29 is 0 Å². The van der Waals surface area contributed by atoms with Crippen molar-refractivity contribution in [1.82, 2.24) is 0 Å². The summed E-state index contributed by atoms with van der Waals surface area (Å²) in [6.45, 7) is 4.48. The van der Waals surface area contributed by atoms with E-state index in [-0.39, 0.29) is 5.41 Å². The molecule has 1 aliphatic rings. The summed E-state index contributed by atoms with van der Waals surface area (Å²) in [6, 6.07) is 24.4. The Bertz CT molecular complexity index is 861. The fourth-order valence-electron chi connectivity index (χ4n) is 3.66. The second-order valence-corrected chi connectivity index (χ2v) is 7.14. The Labute approximate surface area is 140 Å². The first-order valence-corrected chi connectivity index (χ1v) is 8.37. The van der Waals surface area contributed by atoms with Crippen LogP contribution in [0.5, 0.6) is 0 Å². The van der Waals surface area contributed by atoms with Crippen LogP contribution in [0.2, 0.25) is 0 Å². The molecule has 3 aromatic carbocycles. The Hall–Kier alpha value is -1.86. The molecule has 0 N–H and O–H groups in total. The Kier molecular flexibility index (Phi) is 3.02. The molecular formula is C21H17Br. The molecule has 1 aliphatic carbocycles. The predicted octanol–water partition coefficient (Wildman–Crippen LogP) is 6.09. The third-order valence-electron chi connectivity index (χ3n) is 4.91. The Morgan fingerprint density at radius 3 is 2.23 bits per heavy atom. The largest absolute Gasteiger partial charge is 0.0619 e. The monoisotopic (exact) mass is 348 g/mol. The van der Waals surface area contributed by atoms with E-state index in [4.69, 9.17) is 0 Å². The molecule has 1 unspecified atom stereocenters. The summed E-state index contributed by atoms with van der Waals surface area (Å²) in [4.78, 5) is 0. The third-order valence-corrected chi connectivity index (χ3v) is 5.40. The summed E-state index contributed by atoms with van der Waals surface area (Å²) >= 11 is 3.65. The zero-order valence-electron chi connectivity index (χ0n) is 12.7. The van der Waals surface area contributed by atoms with Crippen LogP contribution < -0.4 is 0 Å². The SMILES string of the molecule is Cc1ccc(C2(C)c3ccccc3-c3ccc(Br)cc32)cc1. The van der Waals surface area contributed by atoms with Crippen LogP contribution in [0, 0.1) is 6.92 Å². The molecular weight excluding hydrogens is 332 g/mol. The molecule has 3 aromatic rings. The number of hydrogen-bond acceptors (Lipinski definition) is 0. The van der Waals surface area contributed by atoms with E-state index in [1.807, 2.05) is 0 Å². The van der Waals surface area contributed by atoms with Crippen molar-refractivity contribution in [2.75, 3.05) is 0 Å². The van der Waals surface area contributed by atoms with Gasteiger partial charge in [-0.25, -0.2) is 0 Å². The number of aryl methyl sites for hydroxylation is 1. The Morgan fingerprint density at radius 2 is 1.45 bits per heavy atom. The van der Waals surface area contributed by atoms with Crippen LogP contribution in [-0.2, 0) is 5.41 Å².